The van der Waals surface area contributed by atoms with Crippen molar-refractivity contribution < 1.29 is 18.7 Å². The van der Waals surface area contributed by atoms with E-state index in [0.717, 1.165) is 12.1 Å². The summed E-state index contributed by atoms with van der Waals surface area (Å²) >= 11 is 0. The van der Waals surface area contributed by atoms with Crippen LogP contribution in [0.15, 0.2) is 18.2 Å². The fourth-order valence-electron chi connectivity index (χ4n) is 1.24. The number of aliphatic hydroxyl groups excluding tert-OH is 1. The van der Waals surface area contributed by atoms with Crippen LogP contribution in [0.4, 0.5) is 8.78 Å². The minimum atomic E-state index is -1.05. The molecule has 0 aromatic heterocycles. The molecule has 94 valence electrons. The SMILES string of the molecule is CC(C)C(=O)NCC(O)c1ccc(F)c(F)c1. The Labute approximate surface area is 98.5 Å². The van der Waals surface area contributed by atoms with E-state index in [-0.39, 0.29) is 23.9 Å². The third kappa shape index (κ3) is 3.78. The lowest BCUT2D eigenvalue weighted by molar-refractivity contribution is -0.124. The number of hydrogen-bond acceptors (Lipinski definition) is 2. The van der Waals surface area contributed by atoms with Crippen molar-refractivity contribution in [2.24, 2.45) is 5.92 Å². The first-order chi connectivity index (χ1) is 7.91. The Balaban J connectivity index is 2.61. The van der Waals surface area contributed by atoms with Crippen LogP contribution in [0.3, 0.4) is 0 Å². The Morgan fingerprint density at radius 3 is 2.53 bits per heavy atom. The summed E-state index contributed by atoms with van der Waals surface area (Å²) in [4.78, 5) is 11.2. The topological polar surface area (TPSA) is 49.3 Å². The van der Waals surface area contributed by atoms with Crippen molar-refractivity contribution >= 4 is 5.91 Å². The molecule has 1 aromatic rings. The monoisotopic (exact) mass is 243 g/mol. The Hall–Kier alpha value is -1.49. The highest BCUT2D eigenvalue weighted by molar-refractivity contribution is 5.77. The number of benzene rings is 1. The molecule has 2 N–H and O–H groups in total. The van der Waals surface area contributed by atoms with Crippen LogP contribution in [-0.4, -0.2) is 17.6 Å². The summed E-state index contributed by atoms with van der Waals surface area (Å²) in [5.74, 6) is -2.37. The largest absolute Gasteiger partial charge is 0.387 e. The molecule has 0 aliphatic rings. The van der Waals surface area contributed by atoms with E-state index in [9.17, 15) is 18.7 Å². The van der Waals surface area contributed by atoms with Gasteiger partial charge in [-0.2, -0.15) is 0 Å². The van der Waals surface area contributed by atoms with Crippen molar-refractivity contribution in [3.63, 3.8) is 0 Å². The molecule has 0 saturated heterocycles. The van der Waals surface area contributed by atoms with Crippen molar-refractivity contribution in [3.8, 4) is 0 Å². The van der Waals surface area contributed by atoms with Crippen molar-refractivity contribution in [2.45, 2.75) is 20.0 Å². The number of nitrogens with one attached hydrogen (secondary N) is 1. The van der Waals surface area contributed by atoms with E-state index >= 15 is 0 Å². The van der Waals surface area contributed by atoms with Gasteiger partial charge in [-0.3, -0.25) is 4.79 Å². The van der Waals surface area contributed by atoms with Gasteiger partial charge in [0.15, 0.2) is 11.6 Å². The molecule has 1 unspecified atom stereocenters. The Bertz CT molecular complexity index is 407. The van der Waals surface area contributed by atoms with E-state index in [1.807, 2.05) is 0 Å². The quantitative estimate of drug-likeness (QED) is 0.846. The number of halogens is 2. The highest BCUT2D eigenvalue weighted by atomic mass is 19.2. The number of carbonyl (C=O) groups is 1. The smallest absolute Gasteiger partial charge is 0.222 e. The summed E-state index contributed by atoms with van der Waals surface area (Å²) in [6.07, 6.45) is -1.05. The van der Waals surface area contributed by atoms with E-state index in [0.29, 0.717) is 0 Å². The molecule has 3 nitrogen and oxygen atoms in total. The van der Waals surface area contributed by atoms with Gasteiger partial charge in [-0.1, -0.05) is 19.9 Å². The van der Waals surface area contributed by atoms with Gasteiger partial charge < -0.3 is 10.4 Å². The molecule has 0 heterocycles. The zero-order valence-electron chi connectivity index (χ0n) is 9.71. The molecule has 0 bridgehead atoms. The van der Waals surface area contributed by atoms with Crippen LogP contribution in [-0.2, 0) is 4.79 Å². The van der Waals surface area contributed by atoms with E-state index in [1.54, 1.807) is 13.8 Å². The number of amides is 1. The molecule has 0 aliphatic heterocycles. The van der Waals surface area contributed by atoms with Crippen LogP contribution < -0.4 is 5.32 Å². The predicted molar refractivity (Wildman–Crippen MR) is 59.2 cm³/mol. The molecule has 1 atom stereocenters. The average molecular weight is 243 g/mol. The maximum Gasteiger partial charge on any atom is 0.222 e. The number of aliphatic hydroxyl groups is 1. The zero-order chi connectivity index (χ0) is 13.0. The Morgan fingerprint density at radius 1 is 1.35 bits per heavy atom. The second-order valence-electron chi connectivity index (χ2n) is 4.09. The van der Waals surface area contributed by atoms with Gasteiger partial charge in [0.05, 0.1) is 6.10 Å². The van der Waals surface area contributed by atoms with Gasteiger partial charge in [0.25, 0.3) is 0 Å². The number of carbonyl (C=O) groups excluding carboxylic acids is 1. The maximum atomic E-state index is 12.9. The molecular formula is C12H15F2NO2. The van der Waals surface area contributed by atoms with Crippen molar-refractivity contribution in [2.75, 3.05) is 6.54 Å². The summed E-state index contributed by atoms with van der Waals surface area (Å²) in [7, 11) is 0. The molecule has 0 fully saturated rings. The van der Waals surface area contributed by atoms with Gasteiger partial charge in [0.1, 0.15) is 0 Å². The minimum absolute atomic E-state index is 0.0257. The molecular weight excluding hydrogens is 228 g/mol. The van der Waals surface area contributed by atoms with Gasteiger partial charge >= 0.3 is 0 Å². The van der Waals surface area contributed by atoms with Gasteiger partial charge in [-0.15, -0.1) is 0 Å². The van der Waals surface area contributed by atoms with E-state index < -0.39 is 17.7 Å². The first-order valence-corrected chi connectivity index (χ1v) is 5.32. The van der Waals surface area contributed by atoms with Crippen LogP contribution in [0.5, 0.6) is 0 Å². The zero-order valence-corrected chi connectivity index (χ0v) is 9.71. The van der Waals surface area contributed by atoms with Crippen molar-refractivity contribution in [1.29, 1.82) is 0 Å². The van der Waals surface area contributed by atoms with Gasteiger partial charge in [-0.05, 0) is 17.7 Å². The second-order valence-corrected chi connectivity index (χ2v) is 4.09. The lowest BCUT2D eigenvalue weighted by Crippen LogP contribution is -2.31. The van der Waals surface area contributed by atoms with Crippen LogP contribution in [0.25, 0.3) is 0 Å². The summed E-state index contributed by atoms with van der Waals surface area (Å²) in [5.41, 5.74) is 0.230. The standard InChI is InChI=1S/C12H15F2NO2/c1-7(2)12(17)15-6-11(16)8-3-4-9(13)10(14)5-8/h3-5,7,11,16H,6H2,1-2H3,(H,15,17). The normalized spacial score (nSPS) is 12.6. The Kier molecular flexibility index (Phi) is 4.57. The van der Waals surface area contributed by atoms with Gasteiger partial charge in [0.2, 0.25) is 5.91 Å². The summed E-state index contributed by atoms with van der Waals surface area (Å²) in [6.45, 7) is 3.42. The first-order valence-electron chi connectivity index (χ1n) is 5.32. The lowest BCUT2D eigenvalue weighted by Gasteiger charge is -2.13. The molecule has 5 heteroatoms. The Morgan fingerprint density at radius 2 is 2.00 bits per heavy atom. The van der Waals surface area contributed by atoms with E-state index in [1.165, 1.54) is 6.07 Å². The average Bonchev–Trinajstić information content (AvgIpc) is 2.28. The van der Waals surface area contributed by atoms with Crippen LogP contribution in [0.2, 0.25) is 0 Å². The molecule has 1 aromatic carbocycles. The van der Waals surface area contributed by atoms with Crippen LogP contribution >= 0.6 is 0 Å². The number of rotatable bonds is 4. The highest BCUT2D eigenvalue weighted by Gasteiger charge is 2.13. The molecule has 0 aliphatic carbocycles. The first kappa shape index (κ1) is 13.6. The third-order valence-corrected chi connectivity index (χ3v) is 2.32. The number of hydrogen-bond donors (Lipinski definition) is 2. The third-order valence-electron chi connectivity index (χ3n) is 2.32. The van der Waals surface area contributed by atoms with Gasteiger partial charge in [0, 0.05) is 12.5 Å². The molecule has 1 rings (SSSR count). The maximum absolute atomic E-state index is 12.9. The molecule has 0 saturated carbocycles. The fraction of sp³-hybridized carbons (Fsp3) is 0.417. The molecule has 0 spiro atoms. The van der Waals surface area contributed by atoms with Crippen LogP contribution in [0, 0.1) is 17.6 Å². The van der Waals surface area contributed by atoms with Crippen molar-refractivity contribution in [1.82, 2.24) is 5.32 Å². The van der Waals surface area contributed by atoms with Crippen molar-refractivity contribution in [3.05, 3.63) is 35.4 Å². The van der Waals surface area contributed by atoms with E-state index in [2.05, 4.69) is 5.32 Å². The summed E-state index contributed by atoms with van der Waals surface area (Å²) in [6, 6.07) is 3.14. The fourth-order valence-corrected chi connectivity index (χ4v) is 1.24. The minimum Gasteiger partial charge on any atom is -0.387 e. The van der Waals surface area contributed by atoms with Gasteiger partial charge in [-0.25, -0.2) is 8.78 Å². The molecule has 17 heavy (non-hydrogen) atoms. The predicted octanol–water partition coefficient (Wildman–Crippen LogP) is 1.77. The van der Waals surface area contributed by atoms with E-state index in [4.69, 9.17) is 0 Å². The molecule has 1 amide bonds. The highest BCUT2D eigenvalue weighted by Crippen LogP contribution is 2.15. The second kappa shape index (κ2) is 5.72. The lowest BCUT2D eigenvalue weighted by atomic mass is 10.1. The van der Waals surface area contributed by atoms with Crippen LogP contribution in [0.1, 0.15) is 25.5 Å². The summed E-state index contributed by atoms with van der Waals surface area (Å²) < 4.78 is 25.5. The summed E-state index contributed by atoms with van der Waals surface area (Å²) in [5, 5.41) is 12.2. The molecule has 0 radical (unpaired) electrons.